The third-order valence-corrected chi connectivity index (χ3v) is 2.91. The van der Waals surface area contributed by atoms with E-state index in [0.717, 1.165) is 14.7 Å². The number of aromatic carboxylic acids is 2. The van der Waals surface area contributed by atoms with Crippen molar-refractivity contribution >= 4 is 27.9 Å². The van der Waals surface area contributed by atoms with Crippen LogP contribution in [0.3, 0.4) is 0 Å². The van der Waals surface area contributed by atoms with Gasteiger partial charge in [0.2, 0.25) is 5.69 Å². The molecular formula is C11H8BrN3O4. The number of hydrogen-bond acceptors (Lipinski definition) is 4. The van der Waals surface area contributed by atoms with Crippen LogP contribution in [-0.4, -0.2) is 37.1 Å². The molecule has 19 heavy (non-hydrogen) atoms. The van der Waals surface area contributed by atoms with Gasteiger partial charge in [-0.25, -0.2) is 14.3 Å². The molecule has 2 N–H and O–H groups in total. The molecule has 0 saturated carbocycles. The lowest BCUT2D eigenvalue weighted by molar-refractivity contribution is 0.0640. The van der Waals surface area contributed by atoms with Gasteiger partial charge in [0.1, 0.15) is 0 Å². The Morgan fingerprint density at radius 1 is 1.16 bits per heavy atom. The average Bonchev–Trinajstić information content (AvgIpc) is 2.76. The molecule has 1 heterocycles. The number of carboxylic acids is 2. The van der Waals surface area contributed by atoms with Crippen LogP contribution >= 0.6 is 15.9 Å². The van der Waals surface area contributed by atoms with E-state index >= 15 is 0 Å². The summed E-state index contributed by atoms with van der Waals surface area (Å²) in [6.07, 6.45) is 0. The van der Waals surface area contributed by atoms with Gasteiger partial charge in [-0.2, -0.15) is 0 Å². The molecule has 0 spiro atoms. The summed E-state index contributed by atoms with van der Waals surface area (Å²) in [7, 11) is 0. The second-order valence-corrected chi connectivity index (χ2v) is 4.60. The van der Waals surface area contributed by atoms with E-state index in [1.54, 1.807) is 24.3 Å². The third kappa shape index (κ3) is 2.79. The molecule has 0 bridgehead atoms. The highest BCUT2D eigenvalue weighted by Crippen LogP contribution is 2.13. The molecule has 0 saturated heterocycles. The van der Waals surface area contributed by atoms with Gasteiger partial charge >= 0.3 is 11.9 Å². The second kappa shape index (κ2) is 5.19. The van der Waals surface area contributed by atoms with Gasteiger partial charge in [-0.05, 0) is 17.7 Å². The summed E-state index contributed by atoms with van der Waals surface area (Å²) >= 11 is 3.29. The van der Waals surface area contributed by atoms with Crippen LogP contribution in [0.2, 0.25) is 0 Å². The zero-order chi connectivity index (χ0) is 14.0. The van der Waals surface area contributed by atoms with Gasteiger partial charge in [-0.15, -0.1) is 5.10 Å². The lowest BCUT2D eigenvalue weighted by atomic mass is 10.2. The van der Waals surface area contributed by atoms with Crippen LogP contribution < -0.4 is 0 Å². The minimum Gasteiger partial charge on any atom is -0.476 e. The van der Waals surface area contributed by atoms with Crippen LogP contribution in [0.5, 0.6) is 0 Å². The topological polar surface area (TPSA) is 105 Å². The van der Waals surface area contributed by atoms with Crippen LogP contribution in [0.4, 0.5) is 0 Å². The van der Waals surface area contributed by atoms with E-state index in [0.29, 0.717) is 0 Å². The summed E-state index contributed by atoms with van der Waals surface area (Å²) in [4.78, 5) is 21.9. The highest BCUT2D eigenvalue weighted by molar-refractivity contribution is 9.10. The number of halogens is 1. The summed E-state index contributed by atoms with van der Waals surface area (Å²) < 4.78 is 1.94. The monoisotopic (exact) mass is 325 g/mol. The van der Waals surface area contributed by atoms with Crippen molar-refractivity contribution in [3.63, 3.8) is 0 Å². The zero-order valence-corrected chi connectivity index (χ0v) is 11.0. The lowest BCUT2D eigenvalue weighted by Crippen LogP contribution is -2.14. The van der Waals surface area contributed by atoms with Crippen LogP contribution in [0, 0.1) is 0 Å². The maximum Gasteiger partial charge on any atom is 0.359 e. The number of carbonyl (C=O) groups is 2. The summed E-state index contributed by atoms with van der Waals surface area (Å²) in [5.41, 5.74) is -0.215. The van der Waals surface area contributed by atoms with Crippen molar-refractivity contribution in [3.05, 3.63) is 45.7 Å². The van der Waals surface area contributed by atoms with Gasteiger partial charge in [0.25, 0.3) is 0 Å². The van der Waals surface area contributed by atoms with Gasteiger partial charge in [-0.3, -0.25) is 0 Å². The first kappa shape index (κ1) is 13.2. The predicted molar refractivity (Wildman–Crippen MR) is 67.2 cm³/mol. The Hall–Kier alpha value is -2.22. The maximum absolute atomic E-state index is 11.1. The van der Waals surface area contributed by atoms with Crippen molar-refractivity contribution in [2.24, 2.45) is 0 Å². The third-order valence-electron chi connectivity index (χ3n) is 2.39. The minimum atomic E-state index is -1.42. The molecule has 0 unspecified atom stereocenters. The molecule has 1 aromatic heterocycles. The molecule has 0 atom stereocenters. The van der Waals surface area contributed by atoms with Crippen molar-refractivity contribution in [1.29, 1.82) is 0 Å². The molecule has 0 aliphatic rings. The number of aromatic nitrogens is 3. The standard InChI is InChI=1S/C11H8BrN3O4/c12-7-3-1-6(2-4-7)5-15-9(11(18)19)8(10(16)17)13-14-15/h1-4H,5H2,(H,16,17)(H,18,19). The van der Waals surface area contributed by atoms with Crippen molar-refractivity contribution < 1.29 is 19.8 Å². The van der Waals surface area contributed by atoms with E-state index in [-0.39, 0.29) is 6.54 Å². The van der Waals surface area contributed by atoms with Gasteiger partial charge in [0, 0.05) is 4.47 Å². The highest BCUT2D eigenvalue weighted by atomic mass is 79.9. The van der Waals surface area contributed by atoms with E-state index in [1.807, 2.05) is 0 Å². The first-order valence-corrected chi connectivity index (χ1v) is 5.93. The molecular weight excluding hydrogens is 318 g/mol. The van der Waals surface area contributed by atoms with Crippen molar-refractivity contribution in [1.82, 2.24) is 15.0 Å². The van der Waals surface area contributed by atoms with Crippen molar-refractivity contribution in [2.45, 2.75) is 6.54 Å². The molecule has 7 nitrogen and oxygen atoms in total. The maximum atomic E-state index is 11.1. The Labute approximate surface area is 115 Å². The minimum absolute atomic E-state index is 0.134. The Balaban J connectivity index is 2.37. The normalized spacial score (nSPS) is 10.4. The Bertz CT molecular complexity index is 636. The van der Waals surface area contributed by atoms with E-state index in [4.69, 9.17) is 10.2 Å². The quantitative estimate of drug-likeness (QED) is 0.882. The number of carboxylic acid groups (broad SMARTS) is 2. The molecule has 0 fully saturated rings. The Morgan fingerprint density at radius 3 is 2.32 bits per heavy atom. The molecule has 0 amide bonds. The van der Waals surface area contributed by atoms with Gasteiger partial charge < -0.3 is 10.2 Å². The van der Waals surface area contributed by atoms with Crippen molar-refractivity contribution in [2.75, 3.05) is 0 Å². The number of rotatable bonds is 4. The molecule has 0 aliphatic heterocycles. The molecule has 0 aliphatic carbocycles. The molecule has 1 aromatic carbocycles. The summed E-state index contributed by atoms with van der Waals surface area (Å²) in [5, 5.41) is 24.8. The first-order chi connectivity index (χ1) is 8.99. The fourth-order valence-electron chi connectivity index (χ4n) is 1.54. The van der Waals surface area contributed by atoms with Crippen LogP contribution in [0.1, 0.15) is 26.5 Å². The van der Waals surface area contributed by atoms with E-state index in [1.165, 1.54) is 0 Å². The molecule has 0 radical (unpaired) electrons. The Morgan fingerprint density at radius 2 is 1.79 bits per heavy atom. The Kier molecular flexibility index (Phi) is 3.61. The average molecular weight is 326 g/mol. The first-order valence-electron chi connectivity index (χ1n) is 5.13. The van der Waals surface area contributed by atoms with E-state index in [9.17, 15) is 9.59 Å². The van der Waals surface area contributed by atoms with Gasteiger partial charge in [0.05, 0.1) is 6.54 Å². The number of benzene rings is 1. The summed E-state index contributed by atoms with van der Waals surface area (Å²) in [6, 6.07) is 7.14. The number of hydrogen-bond donors (Lipinski definition) is 2. The predicted octanol–water partition coefficient (Wildman–Crippen LogP) is 1.49. The second-order valence-electron chi connectivity index (χ2n) is 3.68. The molecule has 8 heteroatoms. The molecule has 2 aromatic rings. The van der Waals surface area contributed by atoms with Crippen LogP contribution in [0.15, 0.2) is 28.7 Å². The molecule has 2 rings (SSSR count). The zero-order valence-electron chi connectivity index (χ0n) is 9.45. The smallest absolute Gasteiger partial charge is 0.359 e. The van der Waals surface area contributed by atoms with Gasteiger partial charge in [0.15, 0.2) is 5.69 Å². The van der Waals surface area contributed by atoms with E-state index < -0.39 is 23.3 Å². The lowest BCUT2D eigenvalue weighted by Gasteiger charge is -2.04. The SMILES string of the molecule is O=C(O)c1nnn(Cc2ccc(Br)cc2)c1C(=O)O. The van der Waals surface area contributed by atoms with Crippen LogP contribution in [0.25, 0.3) is 0 Å². The van der Waals surface area contributed by atoms with Crippen molar-refractivity contribution in [3.8, 4) is 0 Å². The summed E-state index contributed by atoms with van der Waals surface area (Å²) in [6.45, 7) is 0.134. The number of nitrogens with zero attached hydrogens (tertiary/aromatic N) is 3. The fourth-order valence-corrected chi connectivity index (χ4v) is 1.81. The summed E-state index contributed by atoms with van der Waals surface area (Å²) in [5.74, 6) is -2.79. The van der Waals surface area contributed by atoms with E-state index in [2.05, 4.69) is 26.2 Å². The van der Waals surface area contributed by atoms with Crippen LogP contribution in [-0.2, 0) is 6.54 Å². The largest absolute Gasteiger partial charge is 0.476 e. The van der Waals surface area contributed by atoms with Gasteiger partial charge in [-0.1, -0.05) is 33.3 Å². The fraction of sp³-hybridized carbons (Fsp3) is 0.0909. The molecule has 98 valence electrons. The highest BCUT2D eigenvalue weighted by Gasteiger charge is 2.24.